The normalized spacial score (nSPS) is 27.7. The number of hydrogen-bond acceptors (Lipinski definition) is 9. The van der Waals surface area contributed by atoms with E-state index in [1.165, 1.54) is 15.4 Å². The molecule has 4 fully saturated rings. The zero-order valence-electron chi connectivity index (χ0n) is 35.1. The van der Waals surface area contributed by atoms with Crippen molar-refractivity contribution in [2.45, 2.75) is 125 Å². The fraction of sp³-hybridized carbons (Fsp3) is 0.565. The lowest BCUT2D eigenvalue weighted by molar-refractivity contribution is -0.186. The number of carbonyl (C=O) groups excluding carboxylic acids is 4. The van der Waals surface area contributed by atoms with Crippen LogP contribution in [0, 0.1) is 17.8 Å². The highest BCUT2D eigenvalue weighted by Crippen LogP contribution is 2.46. The molecule has 1 aromatic carbocycles. The molecule has 2 aromatic heterocycles. The van der Waals surface area contributed by atoms with E-state index in [1.807, 2.05) is 42.5 Å². The van der Waals surface area contributed by atoms with Crippen molar-refractivity contribution in [1.82, 2.24) is 29.8 Å². The van der Waals surface area contributed by atoms with Crippen LogP contribution in [-0.2, 0) is 42.0 Å². The van der Waals surface area contributed by atoms with E-state index in [0.29, 0.717) is 49.2 Å². The van der Waals surface area contributed by atoms with Crippen LogP contribution >= 0.6 is 0 Å². The molecular weight excluding hydrogens is 838 g/mol. The van der Waals surface area contributed by atoms with Crippen molar-refractivity contribution >= 4 is 44.6 Å². The van der Waals surface area contributed by atoms with Crippen molar-refractivity contribution in [3.63, 3.8) is 0 Å². The third-order valence-corrected chi connectivity index (χ3v) is 15.7. The number of pyridine rings is 2. The lowest BCUT2D eigenvalue weighted by atomic mass is 9.92. The molecule has 63 heavy (non-hydrogen) atoms. The maximum atomic E-state index is 14.9. The Balaban J connectivity index is 1.03. The molecule has 3 aliphatic carbocycles. The number of aryl methyl sites for hydroxylation is 2. The number of alkyl halides is 3. The van der Waals surface area contributed by atoms with Crippen molar-refractivity contribution in [1.29, 1.82) is 0 Å². The minimum atomic E-state index is -4.35. The van der Waals surface area contributed by atoms with Crippen LogP contribution in [0.25, 0.3) is 22.3 Å². The number of fused-ring (bicyclic) bond motifs is 5. The van der Waals surface area contributed by atoms with E-state index in [1.54, 1.807) is 6.20 Å². The lowest BCUT2D eigenvalue weighted by Gasteiger charge is -2.34. The second-order valence-electron chi connectivity index (χ2n) is 18.3. The highest BCUT2D eigenvalue weighted by atomic mass is 32.2. The average molecular weight is 891 g/mol. The Hall–Kier alpha value is -5.06. The molecule has 0 bridgehead atoms. The van der Waals surface area contributed by atoms with Crippen LogP contribution in [0.15, 0.2) is 54.7 Å². The SMILES string of the molecule is O=C1N[C@@]2(C(=O)NS(=O)(=O)C3CC3)C[C@@H]2/C=C\CCCCC[C@H](CC(=O)N2CCC(C(F)(F)F)CC2)C(=O)N2C[C@H](Oc3cc(-c4ccccn4)nc4c5c(ccc34)CCC5)C[C@@H]12. The van der Waals surface area contributed by atoms with E-state index >= 15 is 0 Å². The monoisotopic (exact) mass is 890 g/mol. The fourth-order valence-corrected chi connectivity index (χ4v) is 11.4. The standard InChI is InChI=1S/C46H53F3N6O7S/c47-46(48,49)30-18-21-54(22-19-30)40(56)23-29-9-4-2-1-3-5-11-31-26-45(31,44(59)53-63(60,61)33-15-16-33)52-42(57)38-24-32(27-55(38)43(29)58)62-39-25-37(36-13-6-7-20-50-36)51-41-34-12-8-10-28(34)14-17-35(39)41/h5-7,11,13-14,17,20,25,29-33,38H,1-4,8-10,12,15-16,18-19,21-24,26-27H2,(H,52,57)(H,53,59)/b11-5-/t29-,31+,32-,38+,45+/m1/s1. The third-order valence-electron chi connectivity index (χ3n) is 13.9. The molecule has 2 saturated heterocycles. The average Bonchev–Trinajstić information content (AvgIpc) is 4.14. The van der Waals surface area contributed by atoms with Crippen LogP contribution in [0.5, 0.6) is 5.75 Å². The Kier molecular flexibility index (Phi) is 11.8. The van der Waals surface area contributed by atoms with Crippen LogP contribution in [0.3, 0.4) is 0 Å². The number of hydrogen-bond donors (Lipinski definition) is 2. The summed E-state index contributed by atoms with van der Waals surface area (Å²) < 4.78 is 75.5. The number of aromatic nitrogens is 2. The molecule has 0 spiro atoms. The van der Waals surface area contributed by atoms with Gasteiger partial charge in [-0.05, 0) is 100.0 Å². The molecule has 0 radical (unpaired) electrons. The number of carbonyl (C=O) groups is 4. The number of amides is 4. The topological polar surface area (TPSA) is 168 Å². The molecule has 3 aliphatic heterocycles. The number of piperidine rings is 1. The van der Waals surface area contributed by atoms with Gasteiger partial charge in [-0.1, -0.05) is 37.1 Å². The van der Waals surface area contributed by atoms with Gasteiger partial charge in [-0.2, -0.15) is 13.2 Å². The number of nitrogens with zero attached hydrogens (tertiary/aromatic N) is 4. The van der Waals surface area contributed by atoms with Gasteiger partial charge in [0.1, 0.15) is 23.4 Å². The van der Waals surface area contributed by atoms with Crippen molar-refractivity contribution in [2.24, 2.45) is 17.8 Å². The van der Waals surface area contributed by atoms with Gasteiger partial charge >= 0.3 is 6.18 Å². The molecule has 3 aromatic rings. The summed E-state index contributed by atoms with van der Waals surface area (Å²) in [6, 6.07) is 10.3. The zero-order chi connectivity index (χ0) is 44.1. The fourth-order valence-electron chi connectivity index (χ4n) is 10.0. The second kappa shape index (κ2) is 17.1. The number of likely N-dealkylation sites (tertiary alicyclic amines) is 1. The summed E-state index contributed by atoms with van der Waals surface area (Å²) in [5, 5.41) is 3.01. The predicted octanol–water partition coefficient (Wildman–Crippen LogP) is 5.94. The third kappa shape index (κ3) is 9.03. The first-order valence-electron chi connectivity index (χ1n) is 22.4. The predicted molar refractivity (Wildman–Crippen MR) is 226 cm³/mol. The van der Waals surface area contributed by atoms with E-state index in [2.05, 4.69) is 21.1 Å². The number of rotatable bonds is 8. The van der Waals surface area contributed by atoms with Crippen LogP contribution in [-0.4, -0.2) is 101 Å². The highest BCUT2D eigenvalue weighted by Gasteiger charge is 2.62. The first-order chi connectivity index (χ1) is 30.2. The highest BCUT2D eigenvalue weighted by molar-refractivity contribution is 7.91. The smallest absolute Gasteiger partial charge is 0.391 e. The Bertz CT molecular complexity index is 2420. The summed E-state index contributed by atoms with van der Waals surface area (Å²) >= 11 is 0. The summed E-state index contributed by atoms with van der Waals surface area (Å²) in [6.45, 7) is -0.163. The maximum Gasteiger partial charge on any atom is 0.391 e. The summed E-state index contributed by atoms with van der Waals surface area (Å²) in [7, 11) is -3.95. The van der Waals surface area contributed by atoms with Gasteiger partial charge in [-0.25, -0.2) is 13.4 Å². The minimum absolute atomic E-state index is 0.0233. The maximum absolute atomic E-state index is 14.9. The van der Waals surface area contributed by atoms with E-state index in [4.69, 9.17) is 9.72 Å². The van der Waals surface area contributed by atoms with Crippen molar-refractivity contribution in [2.75, 3.05) is 19.6 Å². The van der Waals surface area contributed by atoms with E-state index in [0.717, 1.165) is 48.6 Å². The van der Waals surface area contributed by atoms with Gasteiger partial charge in [-0.3, -0.25) is 28.9 Å². The second-order valence-corrected chi connectivity index (χ2v) is 20.2. The molecule has 5 atom stereocenters. The van der Waals surface area contributed by atoms with Gasteiger partial charge in [0.25, 0.3) is 5.91 Å². The van der Waals surface area contributed by atoms with Gasteiger partial charge in [0.05, 0.1) is 34.6 Å². The largest absolute Gasteiger partial charge is 0.488 e. The van der Waals surface area contributed by atoms with Crippen molar-refractivity contribution in [3.8, 4) is 17.1 Å². The molecular formula is C46H53F3N6O7S. The number of ether oxygens (including phenoxy) is 1. The van der Waals surface area contributed by atoms with Gasteiger partial charge in [0, 0.05) is 55.4 Å². The summed E-state index contributed by atoms with van der Waals surface area (Å²) in [4.78, 5) is 69.8. The first kappa shape index (κ1) is 43.2. The minimum Gasteiger partial charge on any atom is -0.488 e. The molecule has 4 amide bonds. The molecule has 13 nitrogen and oxygen atoms in total. The van der Waals surface area contributed by atoms with Gasteiger partial charge < -0.3 is 19.9 Å². The van der Waals surface area contributed by atoms with Gasteiger partial charge in [-0.15, -0.1) is 0 Å². The zero-order valence-corrected chi connectivity index (χ0v) is 35.9. The molecule has 336 valence electrons. The number of sulfonamides is 1. The van der Waals surface area contributed by atoms with Crippen molar-refractivity contribution < 1.29 is 45.5 Å². The Morgan fingerprint density at radius 1 is 0.968 bits per heavy atom. The molecule has 2 N–H and O–H groups in total. The number of halogens is 3. The summed E-state index contributed by atoms with van der Waals surface area (Å²) in [6.07, 6.45) is 6.65. The Morgan fingerprint density at radius 3 is 2.52 bits per heavy atom. The molecule has 17 heteroatoms. The van der Waals surface area contributed by atoms with Crippen LogP contribution in [0.4, 0.5) is 13.2 Å². The molecule has 2 saturated carbocycles. The Labute approximate surface area is 364 Å². The van der Waals surface area contributed by atoms with E-state index in [9.17, 15) is 40.8 Å². The number of nitrogens with one attached hydrogen (secondary N) is 2. The molecule has 6 aliphatic rings. The molecule has 9 rings (SSSR count). The summed E-state index contributed by atoms with van der Waals surface area (Å²) in [5.41, 5.74) is 2.84. The van der Waals surface area contributed by atoms with Crippen LogP contribution in [0.2, 0.25) is 0 Å². The lowest BCUT2D eigenvalue weighted by Crippen LogP contribution is -2.57. The number of allylic oxidation sites excluding steroid dienone is 1. The quantitative estimate of drug-likeness (QED) is 0.260. The van der Waals surface area contributed by atoms with Gasteiger partial charge in [0.15, 0.2) is 0 Å². The van der Waals surface area contributed by atoms with Gasteiger partial charge in [0.2, 0.25) is 27.7 Å². The van der Waals surface area contributed by atoms with Crippen molar-refractivity contribution in [3.05, 3.63) is 65.9 Å². The molecule has 0 unspecified atom stereocenters. The molecule has 5 heterocycles. The van der Waals surface area contributed by atoms with Crippen LogP contribution < -0.4 is 14.8 Å². The summed E-state index contributed by atoms with van der Waals surface area (Å²) in [5.74, 6) is -4.66. The Morgan fingerprint density at radius 2 is 1.78 bits per heavy atom. The van der Waals surface area contributed by atoms with Crippen LogP contribution in [0.1, 0.15) is 94.6 Å². The van der Waals surface area contributed by atoms with E-state index < -0.39 is 80.5 Å². The number of benzene rings is 1. The van der Waals surface area contributed by atoms with E-state index in [-0.39, 0.29) is 51.7 Å². The first-order valence-corrected chi connectivity index (χ1v) is 24.0.